The molecule has 1 atom stereocenters. The van der Waals surface area contributed by atoms with Crippen molar-refractivity contribution in [2.24, 2.45) is 5.92 Å². The van der Waals surface area contributed by atoms with E-state index in [2.05, 4.69) is 5.10 Å². The number of benzene rings is 1. The van der Waals surface area contributed by atoms with Crippen LogP contribution in [0.15, 0.2) is 48.8 Å². The summed E-state index contributed by atoms with van der Waals surface area (Å²) in [5.41, 5.74) is 0.819. The molecule has 0 N–H and O–H groups in total. The SMILES string of the molecule is CC(C)C(Cl)C(=O)N(Cn1cccn1)c1ccccc1. The van der Waals surface area contributed by atoms with Gasteiger partial charge in [0.1, 0.15) is 12.0 Å². The van der Waals surface area contributed by atoms with Gasteiger partial charge in [0.15, 0.2) is 0 Å². The predicted molar refractivity (Wildman–Crippen MR) is 80.6 cm³/mol. The molecule has 0 saturated carbocycles. The standard InChI is InChI=1S/C15H18ClN3O/c1-12(2)14(16)15(20)19(11-18-10-6-9-17-18)13-7-4-3-5-8-13/h3-10,12,14H,11H2,1-2H3. The van der Waals surface area contributed by atoms with Gasteiger partial charge in [-0.3, -0.25) is 14.4 Å². The molecule has 1 amide bonds. The Kier molecular flexibility index (Phi) is 4.79. The van der Waals surface area contributed by atoms with Crippen LogP contribution >= 0.6 is 11.6 Å². The van der Waals surface area contributed by atoms with Crippen molar-refractivity contribution >= 4 is 23.2 Å². The van der Waals surface area contributed by atoms with Crippen molar-refractivity contribution in [2.75, 3.05) is 4.90 Å². The van der Waals surface area contributed by atoms with Crippen LogP contribution in [-0.2, 0) is 11.5 Å². The van der Waals surface area contributed by atoms with Crippen LogP contribution in [0, 0.1) is 5.92 Å². The normalized spacial score (nSPS) is 12.4. The van der Waals surface area contributed by atoms with Gasteiger partial charge < -0.3 is 0 Å². The lowest BCUT2D eigenvalue weighted by atomic mass is 10.1. The quantitative estimate of drug-likeness (QED) is 0.794. The minimum atomic E-state index is -0.550. The highest BCUT2D eigenvalue weighted by atomic mass is 35.5. The van der Waals surface area contributed by atoms with E-state index in [0.717, 1.165) is 5.69 Å². The Bertz CT molecular complexity index is 540. The summed E-state index contributed by atoms with van der Waals surface area (Å²) >= 11 is 6.23. The first kappa shape index (κ1) is 14.6. The van der Waals surface area contributed by atoms with E-state index in [0.29, 0.717) is 6.67 Å². The minimum Gasteiger partial charge on any atom is -0.291 e. The fourth-order valence-electron chi connectivity index (χ4n) is 1.85. The van der Waals surface area contributed by atoms with Crippen molar-refractivity contribution in [1.82, 2.24) is 9.78 Å². The molecule has 106 valence electrons. The first-order valence-electron chi connectivity index (χ1n) is 6.57. The first-order valence-corrected chi connectivity index (χ1v) is 7.01. The number of rotatable bonds is 5. The van der Waals surface area contributed by atoms with E-state index >= 15 is 0 Å². The molecule has 20 heavy (non-hydrogen) atoms. The van der Waals surface area contributed by atoms with Crippen LogP contribution in [0.5, 0.6) is 0 Å². The maximum atomic E-state index is 12.6. The van der Waals surface area contributed by atoms with Gasteiger partial charge in [0.05, 0.1) is 0 Å². The fraction of sp³-hybridized carbons (Fsp3) is 0.333. The average molecular weight is 292 g/mol. The molecule has 1 unspecified atom stereocenters. The number of hydrogen-bond donors (Lipinski definition) is 0. The molecule has 0 aliphatic heterocycles. The average Bonchev–Trinajstić information content (AvgIpc) is 2.97. The molecule has 0 spiro atoms. The number of alkyl halides is 1. The number of halogens is 1. The molecule has 0 aliphatic rings. The van der Waals surface area contributed by atoms with Gasteiger partial charge >= 0.3 is 0 Å². The minimum absolute atomic E-state index is 0.0769. The first-order chi connectivity index (χ1) is 9.59. The molecule has 2 rings (SSSR count). The second kappa shape index (κ2) is 6.57. The molecular formula is C15H18ClN3O. The summed E-state index contributed by atoms with van der Waals surface area (Å²) in [5, 5.41) is 3.60. The van der Waals surface area contributed by atoms with Gasteiger partial charge in [0, 0.05) is 18.1 Å². The third-order valence-corrected chi connectivity index (χ3v) is 3.69. The summed E-state index contributed by atoms with van der Waals surface area (Å²) in [5.74, 6) is -0.0311. The Morgan fingerprint density at radius 2 is 2.00 bits per heavy atom. The van der Waals surface area contributed by atoms with Gasteiger partial charge in [-0.1, -0.05) is 32.0 Å². The zero-order chi connectivity index (χ0) is 14.5. The maximum Gasteiger partial charge on any atom is 0.246 e. The van der Waals surface area contributed by atoms with Gasteiger partial charge in [0.2, 0.25) is 5.91 Å². The molecule has 0 radical (unpaired) electrons. The Morgan fingerprint density at radius 1 is 1.30 bits per heavy atom. The third kappa shape index (κ3) is 3.39. The summed E-state index contributed by atoms with van der Waals surface area (Å²) in [6.45, 7) is 4.23. The molecule has 0 bridgehead atoms. The van der Waals surface area contributed by atoms with E-state index in [1.54, 1.807) is 15.8 Å². The van der Waals surface area contributed by atoms with Gasteiger partial charge in [-0.05, 0) is 24.1 Å². The zero-order valence-corrected chi connectivity index (χ0v) is 12.4. The molecule has 4 nitrogen and oxygen atoms in total. The maximum absolute atomic E-state index is 12.6. The lowest BCUT2D eigenvalue weighted by molar-refractivity contribution is -0.119. The summed E-state index contributed by atoms with van der Waals surface area (Å²) < 4.78 is 1.70. The molecule has 1 aromatic carbocycles. The smallest absolute Gasteiger partial charge is 0.246 e. The van der Waals surface area contributed by atoms with Crippen LogP contribution in [0.25, 0.3) is 0 Å². The van der Waals surface area contributed by atoms with Crippen LogP contribution in [0.2, 0.25) is 0 Å². The highest BCUT2D eigenvalue weighted by Crippen LogP contribution is 2.20. The number of carbonyl (C=O) groups is 1. The molecule has 0 aliphatic carbocycles. The molecule has 2 aromatic rings. The molecule has 0 saturated heterocycles. The fourth-order valence-corrected chi connectivity index (χ4v) is 1.97. The van der Waals surface area contributed by atoms with Crippen molar-refractivity contribution in [3.63, 3.8) is 0 Å². The Hall–Kier alpha value is -1.81. The van der Waals surface area contributed by atoms with Crippen molar-refractivity contribution < 1.29 is 4.79 Å². The lowest BCUT2D eigenvalue weighted by Crippen LogP contribution is -2.40. The molecule has 1 aromatic heterocycles. The van der Waals surface area contributed by atoms with Crippen molar-refractivity contribution in [1.29, 1.82) is 0 Å². The number of aromatic nitrogens is 2. The summed E-state index contributed by atoms with van der Waals surface area (Å²) in [7, 11) is 0. The second-order valence-electron chi connectivity index (χ2n) is 4.93. The lowest BCUT2D eigenvalue weighted by Gasteiger charge is -2.26. The van der Waals surface area contributed by atoms with E-state index in [-0.39, 0.29) is 11.8 Å². The van der Waals surface area contributed by atoms with Crippen LogP contribution < -0.4 is 4.90 Å². The van der Waals surface area contributed by atoms with Crippen molar-refractivity contribution in [2.45, 2.75) is 25.9 Å². The van der Waals surface area contributed by atoms with E-state index in [9.17, 15) is 4.79 Å². The van der Waals surface area contributed by atoms with Crippen molar-refractivity contribution in [3.8, 4) is 0 Å². The molecular weight excluding hydrogens is 274 g/mol. The van der Waals surface area contributed by atoms with Gasteiger partial charge in [-0.2, -0.15) is 5.10 Å². The predicted octanol–water partition coefficient (Wildman–Crippen LogP) is 3.14. The summed E-state index contributed by atoms with van der Waals surface area (Å²) in [6, 6.07) is 11.3. The van der Waals surface area contributed by atoms with Crippen LogP contribution in [-0.4, -0.2) is 21.1 Å². The number of amides is 1. The molecule has 1 heterocycles. The van der Waals surface area contributed by atoms with E-state index in [1.807, 2.05) is 56.4 Å². The van der Waals surface area contributed by atoms with Gasteiger partial charge in [-0.25, -0.2) is 0 Å². The highest BCUT2D eigenvalue weighted by molar-refractivity contribution is 6.32. The third-order valence-electron chi connectivity index (χ3n) is 3.00. The summed E-state index contributed by atoms with van der Waals surface area (Å²) in [4.78, 5) is 14.2. The monoisotopic (exact) mass is 291 g/mol. The van der Waals surface area contributed by atoms with Crippen LogP contribution in [0.1, 0.15) is 13.8 Å². The Morgan fingerprint density at radius 3 is 2.55 bits per heavy atom. The number of para-hydroxylation sites is 1. The van der Waals surface area contributed by atoms with Crippen molar-refractivity contribution in [3.05, 3.63) is 48.8 Å². The van der Waals surface area contributed by atoms with E-state index < -0.39 is 5.38 Å². The number of hydrogen-bond acceptors (Lipinski definition) is 2. The van der Waals surface area contributed by atoms with E-state index in [4.69, 9.17) is 11.6 Å². The number of carbonyl (C=O) groups excluding carboxylic acids is 1. The van der Waals surface area contributed by atoms with Crippen LogP contribution in [0.4, 0.5) is 5.69 Å². The molecule has 0 fully saturated rings. The number of nitrogens with zero attached hydrogens (tertiary/aromatic N) is 3. The second-order valence-corrected chi connectivity index (χ2v) is 5.40. The van der Waals surface area contributed by atoms with Crippen LogP contribution in [0.3, 0.4) is 0 Å². The Balaban J connectivity index is 2.27. The summed E-state index contributed by atoms with van der Waals surface area (Å²) in [6.07, 6.45) is 3.51. The number of anilines is 1. The highest BCUT2D eigenvalue weighted by Gasteiger charge is 2.26. The van der Waals surface area contributed by atoms with Gasteiger partial charge in [0.25, 0.3) is 0 Å². The van der Waals surface area contributed by atoms with Gasteiger partial charge in [-0.15, -0.1) is 11.6 Å². The topological polar surface area (TPSA) is 38.1 Å². The van der Waals surface area contributed by atoms with E-state index in [1.165, 1.54) is 0 Å². The Labute approximate surface area is 124 Å². The molecule has 5 heteroatoms. The largest absolute Gasteiger partial charge is 0.291 e. The zero-order valence-electron chi connectivity index (χ0n) is 11.6.